The Kier molecular flexibility index (Phi) is 6.91. The molecule has 34 heavy (non-hydrogen) atoms. The Morgan fingerprint density at radius 2 is 1.76 bits per heavy atom. The highest BCUT2D eigenvalue weighted by Crippen LogP contribution is 2.42. The number of benzene rings is 2. The lowest BCUT2D eigenvalue weighted by Gasteiger charge is -2.38. The summed E-state index contributed by atoms with van der Waals surface area (Å²) >= 11 is 6.14. The average molecular weight is 478 g/mol. The highest BCUT2D eigenvalue weighted by Gasteiger charge is 2.38. The summed E-state index contributed by atoms with van der Waals surface area (Å²) in [6.45, 7) is 10.8. The summed E-state index contributed by atoms with van der Waals surface area (Å²) in [5.41, 5.74) is 3.81. The van der Waals surface area contributed by atoms with Crippen LogP contribution < -0.4 is 5.32 Å². The standard InChI is InChI=1S/C29H36ClN3O/c1-6-29(7-2,22-13-15-23(30)16-14-22)18-17-25(34)26-20(3)32-33-27(26)31-24(19-28(33,4)5)21-11-9-8-10-12-21/h8-16,24,31H,6-7,17-19H2,1-5H3/t24-/m1/s1. The molecule has 1 N–H and O–H groups in total. The zero-order valence-corrected chi connectivity index (χ0v) is 21.7. The van der Waals surface area contributed by atoms with E-state index in [4.69, 9.17) is 16.7 Å². The van der Waals surface area contributed by atoms with E-state index in [-0.39, 0.29) is 22.8 Å². The molecule has 0 saturated carbocycles. The van der Waals surface area contributed by atoms with E-state index < -0.39 is 0 Å². The van der Waals surface area contributed by atoms with Crippen LogP contribution >= 0.6 is 11.6 Å². The highest BCUT2D eigenvalue weighted by molar-refractivity contribution is 6.30. The number of hydrogen-bond donors (Lipinski definition) is 1. The van der Waals surface area contributed by atoms with Gasteiger partial charge in [-0.1, -0.05) is 67.9 Å². The van der Waals surface area contributed by atoms with Crippen molar-refractivity contribution in [2.75, 3.05) is 5.32 Å². The molecular formula is C29H36ClN3O. The van der Waals surface area contributed by atoms with Gasteiger partial charge in [-0.05, 0) is 75.1 Å². The molecule has 0 amide bonds. The first-order valence-corrected chi connectivity index (χ1v) is 12.8. The second-order valence-corrected chi connectivity index (χ2v) is 10.7. The van der Waals surface area contributed by atoms with E-state index in [0.29, 0.717) is 6.42 Å². The van der Waals surface area contributed by atoms with E-state index in [2.05, 4.69) is 69.4 Å². The zero-order chi connectivity index (χ0) is 24.5. The van der Waals surface area contributed by atoms with Gasteiger partial charge in [-0.15, -0.1) is 0 Å². The summed E-state index contributed by atoms with van der Waals surface area (Å²) in [7, 11) is 0. The van der Waals surface area contributed by atoms with Crippen molar-refractivity contribution in [3.05, 3.63) is 82.0 Å². The number of nitrogens with one attached hydrogen (secondary N) is 1. The molecule has 5 heteroatoms. The number of carbonyl (C=O) groups is 1. The van der Waals surface area contributed by atoms with Crippen LogP contribution in [0, 0.1) is 6.92 Å². The van der Waals surface area contributed by atoms with Gasteiger partial charge in [-0.3, -0.25) is 4.79 Å². The van der Waals surface area contributed by atoms with Crippen LogP contribution in [-0.4, -0.2) is 15.6 Å². The number of aryl methyl sites for hydroxylation is 1. The van der Waals surface area contributed by atoms with Crippen molar-refractivity contribution < 1.29 is 4.79 Å². The third-order valence-electron chi connectivity index (χ3n) is 7.77. The third kappa shape index (κ3) is 4.53. The number of rotatable bonds is 8. The number of aromatic nitrogens is 2. The molecule has 4 nitrogen and oxygen atoms in total. The van der Waals surface area contributed by atoms with Crippen molar-refractivity contribution in [1.82, 2.24) is 9.78 Å². The minimum Gasteiger partial charge on any atom is -0.363 e. The van der Waals surface area contributed by atoms with Gasteiger partial charge in [-0.2, -0.15) is 5.10 Å². The fraction of sp³-hybridized carbons (Fsp3) is 0.448. The van der Waals surface area contributed by atoms with Gasteiger partial charge in [0.15, 0.2) is 5.78 Å². The molecule has 0 aliphatic carbocycles. The molecule has 2 heterocycles. The number of Topliss-reactive ketones (excluding diaryl/α,β-unsaturated/α-hetero) is 1. The summed E-state index contributed by atoms with van der Waals surface area (Å²) in [5.74, 6) is 1.02. The monoisotopic (exact) mass is 477 g/mol. The molecule has 0 saturated heterocycles. The lowest BCUT2D eigenvalue weighted by molar-refractivity contribution is 0.0968. The molecule has 1 atom stereocenters. The maximum Gasteiger partial charge on any atom is 0.168 e. The maximum atomic E-state index is 13.7. The zero-order valence-electron chi connectivity index (χ0n) is 21.0. The van der Waals surface area contributed by atoms with Gasteiger partial charge in [0.2, 0.25) is 0 Å². The summed E-state index contributed by atoms with van der Waals surface area (Å²) < 4.78 is 2.03. The summed E-state index contributed by atoms with van der Waals surface area (Å²) in [6.07, 6.45) is 4.15. The number of hydrogen-bond acceptors (Lipinski definition) is 3. The largest absolute Gasteiger partial charge is 0.363 e. The first-order chi connectivity index (χ1) is 16.2. The maximum absolute atomic E-state index is 13.7. The smallest absolute Gasteiger partial charge is 0.168 e. The highest BCUT2D eigenvalue weighted by atomic mass is 35.5. The second-order valence-electron chi connectivity index (χ2n) is 10.3. The van der Waals surface area contributed by atoms with E-state index in [0.717, 1.165) is 47.8 Å². The summed E-state index contributed by atoms with van der Waals surface area (Å²) in [6, 6.07) is 18.7. The number of fused-ring (bicyclic) bond motifs is 1. The Labute approximate surface area is 208 Å². The summed E-state index contributed by atoms with van der Waals surface area (Å²) in [5, 5.41) is 9.23. The topological polar surface area (TPSA) is 46.9 Å². The van der Waals surface area contributed by atoms with Crippen LogP contribution in [0.25, 0.3) is 0 Å². The van der Waals surface area contributed by atoms with Crippen molar-refractivity contribution >= 4 is 23.2 Å². The molecule has 3 aromatic rings. The Morgan fingerprint density at radius 1 is 1.12 bits per heavy atom. The summed E-state index contributed by atoms with van der Waals surface area (Å²) in [4.78, 5) is 13.7. The average Bonchev–Trinajstić information content (AvgIpc) is 3.18. The lowest BCUT2D eigenvalue weighted by atomic mass is 9.72. The molecule has 4 rings (SSSR count). The molecule has 1 aliphatic rings. The predicted octanol–water partition coefficient (Wildman–Crippen LogP) is 7.86. The van der Waals surface area contributed by atoms with Crippen LogP contribution in [0.15, 0.2) is 54.6 Å². The Hall–Kier alpha value is -2.59. The van der Waals surface area contributed by atoms with Crippen LogP contribution in [0.1, 0.15) is 93.0 Å². The number of anilines is 1. The first-order valence-electron chi connectivity index (χ1n) is 12.4. The molecule has 180 valence electrons. The lowest BCUT2D eigenvalue weighted by Crippen LogP contribution is -2.38. The van der Waals surface area contributed by atoms with Crippen LogP contribution in [0.3, 0.4) is 0 Å². The first kappa shape index (κ1) is 24.5. The Balaban J connectivity index is 1.62. The second kappa shape index (κ2) is 9.58. The van der Waals surface area contributed by atoms with Gasteiger partial charge < -0.3 is 5.32 Å². The van der Waals surface area contributed by atoms with Gasteiger partial charge >= 0.3 is 0 Å². The molecule has 0 bridgehead atoms. The normalized spacial score (nSPS) is 17.2. The van der Waals surface area contributed by atoms with E-state index in [9.17, 15) is 4.79 Å². The van der Waals surface area contributed by atoms with Gasteiger partial charge in [0.1, 0.15) is 5.82 Å². The van der Waals surface area contributed by atoms with Gasteiger partial charge in [0, 0.05) is 11.4 Å². The fourth-order valence-electron chi connectivity index (χ4n) is 5.56. The molecule has 2 aromatic carbocycles. The van der Waals surface area contributed by atoms with E-state index >= 15 is 0 Å². The van der Waals surface area contributed by atoms with E-state index in [1.165, 1.54) is 11.1 Å². The van der Waals surface area contributed by atoms with Crippen molar-refractivity contribution in [1.29, 1.82) is 0 Å². The Bertz CT molecular complexity index is 1140. The third-order valence-corrected chi connectivity index (χ3v) is 8.02. The molecule has 0 spiro atoms. The van der Waals surface area contributed by atoms with Crippen LogP contribution in [0.4, 0.5) is 5.82 Å². The van der Waals surface area contributed by atoms with Crippen LogP contribution in [0.2, 0.25) is 5.02 Å². The van der Waals surface area contributed by atoms with Crippen molar-refractivity contribution in [2.45, 2.75) is 83.7 Å². The predicted molar refractivity (Wildman–Crippen MR) is 141 cm³/mol. The molecule has 1 aromatic heterocycles. The van der Waals surface area contributed by atoms with Crippen molar-refractivity contribution in [2.24, 2.45) is 0 Å². The van der Waals surface area contributed by atoms with Crippen LogP contribution in [0.5, 0.6) is 0 Å². The number of carbonyl (C=O) groups excluding carboxylic acids is 1. The quantitative estimate of drug-likeness (QED) is 0.336. The van der Waals surface area contributed by atoms with E-state index in [1.54, 1.807) is 0 Å². The van der Waals surface area contributed by atoms with Crippen molar-refractivity contribution in [3.63, 3.8) is 0 Å². The Morgan fingerprint density at radius 3 is 2.38 bits per heavy atom. The minimum absolute atomic E-state index is 0.0410. The number of ketones is 1. The number of halogens is 1. The molecule has 0 radical (unpaired) electrons. The number of nitrogens with zero attached hydrogens (tertiary/aromatic N) is 2. The molecule has 1 aliphatic heterocycles. The fourth-order valence-corrected chi connectivity index (χ4v) is 5.68. The van der Waals surface area contributed by atoms with Crippen molar-refractivity contribution in [3.8, 4) is 0 Å². The van der Waals surface area contributed by atoms with Crippen LogP contribution in [-0.2, 0) is 11.0 Å². The van der Waals surface area contributed by atoms with Gasteiger partial charge in [0.05, 0.1) is 22.8 Å². The van der Waals surface area contributed by atoms with Gasteiger partial charge in [-0.25, -0.2) is 4.68 Å². The molecular weight excluding hydrogens is 442 g/mol. The molecule has 0 fully saturated rings. The van der Waals surface area contributed by atoms with Gasteiger partial charge in [0.25, 0.3) is 0 Å². The minimum atomic E-state index is -0.190. The molecule has 0 unspecified atom stereocenters. The SMILES string of the molecule is CCC(CC)(CCC(=O)c1c(C)nn2c1N[C@@H](c1ccccc1)CC2(C)C)c1ccc(Cl)cc1. The van der Waals surface area contributed by atoms with E-state index in [1.807, 2.05) is 29.8 Å².